The van der Waals surface area contributed by atoms with Gasteiger partial charge in [0.2, 0.25) is 0 Å². The Kier molecular flexibility index (Phi) is 3.31. The Labute approximate surface area is 97.5 Å². The van der Waals surface area contributed by atoms with E-state index < -0.39 is 0 Å². The van der Waals surface area contributed by atoms with Crippen molar-refractivity contribution >= 4 is 0 Å². The van der Waals surface area contributed by atoms with E-state index in [-0.39, 0.29) is 11.5 Å². The molecule has 0 spiro atoms. The van der Waals surface area contributed by atoms with Crippen LogP contribution in [0.5, 0.6) is 0 Å². The maximum atomic E-state index is 10.3. The highest BCUT2D eigenvalue weighted by Crippen LogP contribution is 2.51. The number of aliphatic hydroxyl groups is 1. The number of benzene rings is 1. The maximum Gasteiger partial charge on any atom is 0.0645 e. The topological polar surface area (TPSA) is 20.2 Å². The molecule has 0 aromatic heterocycles. The van der Waals surface area contributed by atoms with Crippen molar-refractivity contribution in [2.45, 2.75) is 44.1 Å². The zero-order valence-electron chi connectivity index (χ0n) is 9.74. The number of rotatable bonds is 4. The fourth-order valence-electron chi connectivity index (χ4n) is 2.33. The van der Waals surface area contributed by atoms with Crippen LogP contribution in [0.15, 0.2) is 30.3 Å². The normalized spacial score (nSPS) is 18.4. The summed E-state index contributed by atoms with van der Waals surface area (Å²) in [5.74, 6) is 5.89. The smallest absolute Gasteiger partial charge is 0.0645 e. The van der Waals surface area contributed by atoms with Gasteiger partial charge in [0.05, 0.1) is 6.10 Å². The van der Waals surface area contributed by atoms with Crippen LogP contribution in [0.4, 0.5) is 0 Å². The van der Waals surface area contributed by atoms with Crippen molar-refractivity contribution in [2.75, 3.05) is 0 Å². The fraction of sp³-hybridized carbons (Fsp3) is 0.467. The van der Waals surface area contributed by atoms with Crippen molar-refractivity contribution in [3.05, 3.63) is 35.9 Å². The van der Waals surface area contributed by atoms with E-state index >= 15 is 0 Å². The predicted octanol–water partition coefficient (Wildman–Crippen LogP) is 2.88. The van der Waals surface area contributed by atoms with Gasteiger partial charge < -0.3 is 5.11 Å². The molecule has 1 nitrogen and oxygen atoms in total. The average Bonchev–Trinajstić information content (AvgIpc) is 3.12. The van der Waals surface area contributed by atoms with Gasteiger partial charge in [-0.25, -0.2) is 0 Å². The van der Waals surface area contributed by atoms with E-state index in [2.05, 4.69) is 24.0 Å². The first kappa shape index (κ1) is 11.2. The lowest BCUT2D eigenvalue weighted by molar-refractivity contribution is 0.124. The van der Waals surface area contributed by atoms with Gasteiger partial charge in [-0.1, -0.05) is 30.3 Å². The molecule has 1 aliphatic carbocycles. The minimum atomic E-state index is -0.240. The average molecular weight is 214 g/mol. The van der Waals surface area contributed by atoms with Crippen LogP contribution in [0.25, 0.3) is 0 Å². The molecule has 0 amide bonds. The minimum absolute atomic E-state index is 0.0384. The first-order valence-electron chi connectivity index (χ1n) is 5.93. The molecule has 1 N–H and O–H groups in total. The summed E-state index contributed by atoms with van der Waals surface area (Å²) in [6.07, 6.45) is 3.56. The zero-order chi connectivity index (χ0) is 11.4. The Morgan fingerprint density at radius 2 is 2.00 bits per heavy atom. The van der Waals surface area contributed by atoms with E-state index in [0.29, 0.717) is 0 Å². The summed E-state index contributed by atoms with van der Waals surface area (Å²) in [6, 6.07) is 10.4. The minimum Gasteiger partial charge on any atom is -0.392 e. The molecule has 0 heterocycles. The van der Waals surface area contributed by atoms with E-state index in [4.69, 9.17) is 0 Å². The van der Waals surface area contributed by atoms with Crippen molar-refractivity contribution in [3.63, 3.8) is 0 Å². The molecule has 1 heteroatoms. The molecule has 16 heavy (non-hydrogen) atoms. The van der Waals surface area contributed by atoms with E-state index in [1.807, 2.05) is 25.1 Å². The molecule has 1 fully saturated rings. The van der Waals surface area contributed by atoms with Gasteiger partial charge in [-0.05, 0) is 31.7 Å². The zero-order valence-corrected chi connectivity index (χ0v) is 9.74. The molecule has 0 bridgehead atoms. The van der Waals surface area contributed by atoms with Crippen LogP contribution >= 0.6 is 0 Å². The Hall–Kier alpha value is -1.26. The maximum absolute atomic E-state index is 10.3. The lowest BCUT2D eigenvalue weighted by Crippen LogP contribution is -2.25. The van der Waals surface area contributed by atoms with Gasteiger partial charge >= 0.3 is 0 Å². The van der Waals surface area contributed by atoms with Crippen molar-refractivity contribution in [2.24, 2.45) is 0 Å². The summed E-state index contributed by atoms with van der Waals surface area (Å²) in [7, 11) is 0. The van der Waals surface area contributed by atoms with Crippen molar-refractivity contribution in [3.8, 4) is 11.8 Å². The molecule has 84 valence electrons. The quantitative estimate of drug-likeness (QED) is 0.764. The van der Waals surface area contributed by atoms with Crippen LogP contribution in [0, 0.1) is 11.8 Å². The predicted molar refractivity (Wildman–Crippen MR) is 66.0 cm³/mol. The molecule has 1 aliphatic rings. The highest BCUT2D eigenvalue weighted by molar-refractivity contribution is 5.33. The Bertz CT molecular complexity index is 392. The monoisotopic (exact) mass is 214 g/mol. The lowest BCUT2D eigenvalue weighted by atomic mass is 9.88. The van der Waals surface area contributed by atoms with E-state index in [1.54, 1.807) is 0 Å². The molecular weight excluding hydrogens is 196 g/mol. The number of hydrogen-bond acceptors (Lipinski definition) is 1. The molecule has 0 aliphatic heterocycles. The summed E-state index contributed by atoms with van der Waals surface area (Å²) >= 11 is 0. The van der Waals surface area contributed by atoms with E-state index in [9.17, 15) is 5.11 Å². The molecule has 1 saturated carbocycles. The van der Waals surface area contributed by atoms with Crippen LogP contribution < -0.4 is 0 Å². The van der Waals surface area contributed by atoms with Crippen LogP contribution in [0.3, 0.4) is 0 Å². The number of hydrogen-bond donors (Lipinski definition) is 1. The first-order chi connectivity index (χ1) is 7.79. The standard InChI is InChI=1S/C15H18O/c1-2-3-5-10-14(16)15(11-12-15)13-8-6-4-7-9-13/h4,6-9,14,16H,5,10-12H2,1H3. The summed E-state index contributed by atoms with van der Waals surface area (Å²) in [6.45, 7) is 1.84. The SMILES string of the molecule is CC#CCCC(O)C1(c2ccccc2)CC1. The molecule has 1 aromatic rings. The summed E-state index contributed by atoms with van der Waals surface area (Å²) < 4.78 is 0. The summed E-state index contributed by atoms with van der Waals surface area (Å²) in [5, 5.41) is 10.3. The molecule has 1 unspecified atom stereocenters. The molecule has 1 aromatic carbocycles. The Morgan fingerprint density at radius 1 is 1.31 bits per heavy atom. The Morgan fingerprint density at radius 3 is 2.56 bits per heavy atom. The van der Waals surface area contributed by atoms with Gasteiger partial charge in [0, 0.05) is 11.8 Å². The summed E-state index contributed by atoms with van der Waals surface area (Å²) in [5.41, 5.74) is 1.32. The highest BCUT2D eigenvalue weighted by atomic mass is 16.3. The molecular formula is C15H18O. The third-order valence-electron chi connectivity index (χ3n) is 3.49. The second-order valence-corrected chi connectivity index (χ2v) is 4.50. The molecule has 2 rings (SSSR count). The van der Waals surface area contributed by atoms with Gasteiger partial charge in [0.15, 0.2) is 0 Å². The largest absolute Gasteiger partial charge is 0.392 e. The van der Waals surface area contributed by atoms with Crippen molar-refractivity contribution in [1.29, 1.82) is 0 Å². The van der Waals surface area contributed by atoms with Crippen LogP contribution in [0.2, 0.25) is 0 Å². The molecule has 1 atom stereocenters. The molecule has 0 radical (unpaired) electrons. The second kappa shape index (κ2) is 4.72. The van der Waals surface area contributed by atoms with Crippen LogP contribution in [-0.2, 0) is 5.41 Å². The van der Waals surface area contributed by atoms with E-state index in [0.717, 1.165) is 25.7 Å². The van der Waals surface area contributed by atoms with Gasteiger partial charge in [-0.3, -0.25) is 0 Å². The number of aliphatic hydroxyl groups excluding tert-OH is 1. The van der Waals surface area contributed by atoms with Gasteiger partial charge in [-0.15, -0.1) is 11.8 Å². The third kappa shape index (κ3) is 2.13. The van der Waals surface area contributed by atoms with Gasteiger partial charge in [0.25, 0.3) is 0 Å². The first-order valence-corrected chi connectivity index (χ1v) is 5.93. The second-order valence-electron chi connectivity index (χ2n) is 4.50. The lowest BCUT2D eigenvalue weighted by Gasteiger charge is -2.22. The van der Waals surface area contributed by atoms with Crippen molar-refractivity contribution < 1.29 is 5.11 Å². The Balaban J connectivity index is 2.04. The van der Waals surface area contributed by atoms with E-state index in [1.165, 1.54) is 5.56 Å². The van der Waals surface area contributed by atoms with Gasteiger partial charge in [0.1, 0.15) is 0 Å². The van der Waals surface area contributed by atoms with Crippen LogP contribution in [-0.4, -0.2) is 11.2 Å². The van der Waals surface area contributed by atoms with Gasteiger partial charge in [-0.2, -0.15) is 0 Å². The summed E-state index contributed by atoms with van der Waals surface area (Å²) in [4.78, 5) is 0. The third-order valence-corrected chi connectivity index (χ3v) is 3.49. The van der Waals surface area contributed by atoms with Crippen molar-refractivity contribution in [1.82, 2.24) is 0 Å². The molecule has 0 saturated heterocycles. The fourth-order valence-corrected chi connectivity index (χ4v) is 2.33. The van der Waals surface area contributed by atoms with Crippen LogP contribution in [0.1, 0.15) is 38.2 Å². The highest BCUT2D eigenvalue weighted by Gasteiger charge is 2.49.